The molecular weight excluding hydrogens is 310 g/mol. The van der Waals surface area contributed by atoms with Crippen molar-refractivity contribution >= 4 is 40.9 Å². The van der Waals surface area contributed by atoms with Crippen molar-refractivity contribution in [3.05, 3.63) is 29.3 Å². The van der Waals surface area contributed by atoms with Gasteiger partial charge in [0.2, 0.25) is 11.8 Å². The molecule has 2 unspecified atom stereocenters. The van der Waals surface area contributed by atoms with Gasteiger partial charge in [-0.3, -0.25) is 14.9 Å². The summed E-state index contributed by atoms with van der Waals surface area (Å²) in [7, 11) is 0. The molecule has 2 heterocycles. The Balaban J connectivity index is 1.64. The zero-order valence-electron chi connectivity index (χ0n) is 11.3. The fourth-order valence-electron chi connectivity index (χ4n) is 2.55. The Morgan fingerprint density at radius 2 is 2.33 bits per heavy atom. The minimum Gasteiger partial charge on any atom is -0.343 e. The average Bonchev–Trinajstić information content (AvgIpc) is 3.10. The number of hydrogen-bond donors (Lipinski definition) is 2. The van der Waals surface area contributed by atoms with E-state index in [-0.39, 0.29) is 17.9 Å². The quantitative estimate of drug-likeness (QED) is 0.877. The van der Waals surface area contributed by atoms with Crippen LogP contribution in [0.4, 0.5) is 5.69 Å². The molecule has 5 nitrogen and oxygen atoms in total. The standard InChI is InChI=1S/C14H16ClN3O2S/c15-9-2-1-3-10(6-9)18-5-4-11(14(18)20)17-13(19)12-7-21-8-16-12/h1-3,6,11-12,16H,4-5,7-8H2,(H,17,19). The Labute approximate surface area is 132 Å². The molecule has 2 amide bonds. The van der Waals surface area contributed by atoms with Crippen molar-refractivity contribution in [2.75, 3.05) is 23.1 Å². The van der Waals surface area contributed by atoms with E-state index in [9.17, 15) is 9.59 Å². The Bertz CT molecular complexity index is 563. The molecule has 0 radical (unpaired) electrons. The molecule has 0 aromatic heterocycles. The highest BCUT2D eigenvalue weighted by Crippen LogP contribution is 2.24. The third-order valence-electron chi connectivity index (χ3n) is 3.67. The van der Waals surface area contributed by atoms with Crippen LogP contribution in [0.3, 0.4) is 0 Å². The first-order valence-electron chi connectivity index (χ1n) is 6.83. The Morgan fingerprint density at radius 1 is 1.48 bits per heavy atom. The molecule has 3 rings (SSSR count). The van der Waals surface area contributed by atoms with Crippen LogP contribution in [0.15, 0.2) is 24.3 Å². The number of rotatable bonds is 3. The van der Waals surface area contributed by atoms with Gasteiger partial charge in [-0.25, -0.2) is 0 Å². The fourth-order valence-corrected chi connectivity index (χ4v) is 3.68. The van der Waals surface area contributed by atoms with Crippen LogP contribution in [0, 0.1) is 0 Å². The van der Waals surface area contributed by atoms with E-state index in [4.69, 9.17) is 11.6 Å². The first-order chi connectivity index (χ1) is 10.1. The molecule has 1 aromatic carbocycles. The minimum atomic E-state index is -0.441. The number of nitrogens with one attached hydrogen (secondary N) is 2. The van der Waals surface area contributed by atoms with Gasteiger partial charge in [-0.1, -0.05) is 17.7 Å². The van der Waals surface area contributed by atoms with Crippen LogP contribution < -0.4 is 15.5 Å². The van der Waals surface area contributed by atoms with E-state index in [2.05, 4.69) is 10.6 Å². The second-order valence-corrected chi connectivity index (χ2v) is 6.56. The highest BCUT2D eigenvalue weighted by Gasteiger charge is 2.35. The number of hydrogen-bond acceptors (Lipinski definition) is 4. The predicted octanol–water partition coefficient (Wildman–Crippen LogP) is 1.22. The van der Waals surface area contributed by atoms with Crippen LogP contribution in [0.5, 0.6) is 0 Å². The van der Waals surface area contributed by atoms with Gasteiger partial charge in [0.05, 0.1) is 6.04 Å². The lowest BCUT2D eigenvalue weighted by Crippen LogP contribution is -2.49. The highest BCUT2D eigenvalue weighted by molar-refractivity contribution is 7.99. The monoisotopic (exact) mass is 325 g/mol. The fraction of sp³-hybridized carbons (Fsp3) is 0.429. The zero-order valence-corrected chi connectivity index (χ0v) is 12.9. The molecule has 112 valence electrons. The number of carbonyl (C=O) groups is 2. The normalized spacial score (nSPS) is 25.4. The largest absolute Gasteiger partial charge is 0.343 e. The van der Waals surface area contributed by atoms with Gasteiger partial charge < -0.3 is 10.2 Å². The molecule has 2 fully saturated rings. The van der Waals surface area contributed by atoms with Crippen molar-refractivity contribution in [3.63, 3.8) is 0 Å². The summed E-state index contributed by atoms with van der Waals surface area (Å²) < 4.78 is 0. The van der Waals surface area contributed by atoms with E-state index in [1.807, 2.05) is 12.1 Å². The molecular formula is C14H16ClN3O2S. The van der Waals surface area contributed by atoms with Gasteiger partial charge in [-0.05, 0) is 24.6 Å². The first kappa shape index (κ1) is 14.7. The molecule has 21 heavy (non-hydrogen) atoms. The molecule has 0 spiro atoms. The summed E-state index contributed by atoms with van der Waals surface area (Å²) in [5.74, 6) is 1.37. The summed E-state index contributed by atoms with van der Waals surface area (Å²) in [6.07, 6.45) is 0.622. The zero-order chi connectivity index (χ0) is 14.8. The Hall–Kier alpha value is -1.24. The molecule has 0 saturated carbocycles. The molecule has 0 bridgehead atoms. The maximum Gasteiger partial charge on any atom is 0.249 e. The second-order valence-electron chi connectivity index (χ2n) is 5.09. The van der Waals surface area contributed by atoms with Gasteiger partial charge in [0.15, 0.2) is 0 Å². The third-order valence-corrected chi connectivity index (χ3v) is 4.85. The molecule has 1 aromatic rings. The molecule has 2 aliphatic rings. The van der Waals surface area contributed by atoms with Gasteiger partial charge in [0.1, 0.15) is 6.04 Å². The summed E-state index contributed by atoms with van der Waals surface area (Å²) in [6, 6.07) is 6.57. The number of anilines is 1. The highest BCUT2D eigenvalue weighted by atomic mass is 35.5. The number of amides is 2. The summed E-state index contributed by atoms with van der Waals surface area (Å²) in [5.41, 5.74) is 0.777. The summed E-state index contributed by atoms with van der Waals surface area (Å²) in [5, 5.41) is 6.55. The van der Waals surface area contributed by atoms with Gasteiger partial charge in [0, 0.05) is 28.9 Å². The van der Waals surface area contributed by atoms with Crippen molar-refractivity contribution in [1.29, 1.82) is 0 Å². The maximum absolute atomic E-state index is 12.4. The maximum atomic E-state index is 12.4. The third kappa shape index (κ3) is 3.17. The lowest BCUT2D eigenvalue weighted by Gasteiger charge is -2.18. The van der Waals surface area contributed by atoms with Crippen LogP contribution >= 0.6 is 23.4 Å². The number of benzene rings is 1. The molecule has 2 N–H and O–H groups in total. The topological polar surface area (TPSA) is 61.4 Å². The van der Waals surface area contributed by atoms with E-state index < -0.39 is 6.04 Å². The van der Waals surface area contributed by atoms with Crippen molar-refractivity contribution < 1.29 is 9.59 Å². The molecule has 2 saturated heterocycles. The Morgan fingerprint density at radius 3 is 3.05 bits per heavy atom. The smallest absolute Gasteiger partial charge is 0.249 e. The number of halogens is 1. The lowest BCUT2D eigenvalue weighted by atomic mass is 10.2. The number of nitrogens with zero attached hydrogens (tertiary/aromatic N) is 1. The summed E-state index contributed by atoms with van der Waals surface area (Å²) >= 11 is 7.65. The van der Waals surface area contributed by atoms with Crippen LogP contribution in [-0.2, 0) is 9.59 Å². The summed E-state index contributed by atoms with van der Waals surface area (Å²) in [6.45, 7) is 0.594. The van der Waals surface area contributed by atoms with E-state index in [1.54, 1.807) is 28.8 Å². The van der Waals surface area contributed by atoms with Crippen molar-refractivity contribution in [3.8, 4) is 0 Å². The van der Waals surface area contributed by atoms with Crippen molar-refractivity contribution in [2.45, 2.75) is 18.5 Å². The number of thioether (sulfide) groups is 1. The van der Waals surface area contributed by atoms with E-state index in [0.717, 1.165) is 17.3 Å². The predicted molar refractivity (Wildman–Crippen MR) is 84.6 cm³/mol. The average molecular weight is 326 g/mol. The second kappa shape index (κ2) is 6.25. The van der Waals surface area contributed by atoms with Gasteiger partial charge in [-0.15, -0.1) is 11.8 Å². The van der Waals surface area contributed by atoms with Crippen LogP contribution in [0.25, 0.3) is 0 Å². The number of carbonyl (C=O) groups excluding carboxylic acids is 2. The SMILES string of the molecule is O=C(NC1CCN(c2cccc(Cl)c2)C1=O)C1CSCN1. The molecule has 7 heteroatoms. The lowest BCUT2D eigenvalue weighted by molar-refractivity contribution is -0.127. The van der Waals surface area contributed by atoms with Gasteiger partial charge in [-0.2, -0.15) is 0 Å². The van der Waals surface area contributed by atoms with Crippen molar-refractivity contribution in [2.24, 2.45) is 0 Å². The minimum absolute atomic E-state index is 0.0729. The van der Waals surface area contributed by atoms with Crippen LogP contribution in [-0.4, -0.2) is 42.1 Å². The van der Waals surface area contributed by atoms with Crippen LogP contribution in [0.2, 0.25) is 5.02 Å². The molecule has 2 aliphatic heterocycles. The first-order valence-corrected chi connectivity index (χ1v) is 8.37. The van der Waals surface area contributed by atoms with Gasteiger partial charge >= 0.3 is 0 Å². The Kier molecular flexibility index (Phi) is 4.37. The van der Waals surface area contributed by atoms with Crippen molar-refractivity contribution in [1.82, 2.24) is 10.6 Å². The van der Waals surface area contributed by atoms with E-state index in [0.29, 0.717) is 18.0 Å². The van der Waals surface area contributed by atoms with Gasteiger partial charge in [0.25, 0.3) is 0 Å². The van der Waals surface area contributed by atoms with E-state index >= 15 is 0 Å². The summed E-state index contributed by atoms with van der Waals surface area (Å²) in [4.78, 5) is 26.1. The van der Waals surface area contributed by atoms with Crippen LogP contribution in [0.1, 0.15) is 6.42 Å². The molecule has 2 atom stereocenters. The molecule has 0 aliphatic carbocycles. The van der Waals surface area contributed by atoms with E-state index in [1.165, 1.54) is 0 Å².